The van der Waals surface area contributed by atoms with Crippen molar-refractivity contribution in [3.05, 3.63) is 40.3 Å². The van der Waals surface area contributed by atoms with E-state index in [9.17, 15) is 9.59 Å². The number of rotatable bonds is 4. The van der Waals surface area contributed by atoms with Gasteiger partial charge in [0.25, 0.3) is 5.91 Å². The number of piperazine rings is 1. The van der Waals surface area contributed by atoms with Crippen LogP contribution in [-0.2, 0) is 9.53 Å². The van der Waals surface area contributed by atoms with Gasteiger partial charge in [0.1, 0.15) is 4.88 Å². The molecule has 0 unspecified atom stereocenters. The summed E-state index contributed by atoms with van der Waals surface area (Å²) < 4.78 is 5.14. The summed E-state index contributed by atoms with van der Waals surface area (Å²) >= 11 is 1.32. The standard InChI is InChI=1S/C16H18N4O3S/c1-12-3-10-24-14(12)15(22)23-11-13(21)19-6-8-20(9-7-19)16-17-4-2-5-18-16/h2-5,10H,6-9,11H2,1H3. The second-order valence-electron chi connectivity index (χ2n) is 5.43. The fourth-order valence-corrected chi connectivity index (χ4v) is 3.29. The number of anilines is 1. The Bertz CT molecular complexity index is 711. The van der Waals surface area contributed by atoms with Crippen LogP contribution in [0.2, 0.25) is 0 Å². The molecule has 0 bridgehead atoms. The predicted octanol–water partition coefficient (Wildman–Crippen LogP) is 1.35. The van der Waals surface area contributed by atoms with Gasteiger partial charge in [0.2, 0.25) is 5.95 Å². The Morgan fingerprint density at radius 1 is 1.21 bits per heavy atom. The molecule has 2 aromatic heterocycles. The van der Waals surface area contributed by atoms with Crippen LogP contribution in [0.15, 0.2) is 29.9 Å². The summed E-state index contributed by atoms with van der Waals surface area (Å²) in [5, 5.41) is 1.83. The lowest BCUT2D eigenvalue weighted by Crippen LogP contribution is -2.50. The number of aromatic nitrogens is 2. The summed E-state index contributed by atoms with van der Waals surface area (Å²) in [6, 6.07) is 3.63. The van der Waals surface area contributed by atoms with Gasteiger partial charge in [0, 0.05) is 38.6 Å². The zero-order valence-electron chi connectivity index (χ0n) is 13.3. The quantitative estimate of drug-likeness (QED) is 0.778. The Hall–Kier alpha value is -2.48. The van der Waals surface area contributed by atoms with Gasteiger partial charge >= 0.3 is 5.97 Å². The highest BCUT2D eigenvalue weighted by molar-refractivity contribution is 7.12. The largest absolute Gasteiger partial charge is 0.451 e. The molecule has 3 rings (SSSR count). The van der Waals surface area contributed by atoms with Crippen molar-refractivity contribution < 1.29 is 14.3 Å². The minimum Gasteiger partial charge on any atom is -0.451 e. The number of nitrogens with zero attached hydrogens (tertiary/aromatic N) is 4. The number of carbonyl (C=O) groups is 2. The van der Waals surface area contributed by atoms with Crippen molar-refractivity contribution in [3.8, 4) is 0 Å². The van der Waals surface area contributed by atoms with E-state index in [1.54, 1.807) is 23.4 Å². The maximum Gasteiger partial charge on any atom is 0.349 e. The first-order valence-corrected chi connectivity index (χ1v) is 8.54. The van der Waals surface area contributed by atoms with E-state index >= 15 is 0 Å². The van der Waals surface area contributed by atoms with Gasteiger partial charge in [-0.3, -0.25) is 4.79 Å². The normalized spacial score (nSPS) is 14.5. The number of hydrogen-bond donors (Lipinski definition) is 0. The van der Waals surface area contributed by atoms with Gasteiger partial charge in [-0.25, -0.2) is 14.8 Å². The highest BCUT2D eigenvalue weighted by Crippen LogP contribution is 2.16. The van der Waals surface area contributed by atoms with E-state index < -0.39 is 5.97 Å². The Kier molecular flexibility index (Phi) is 5.05. The molecule has 0 aliphatic carbocycles. The van der Waals surface area contributed by atoms with Crippen LogP contribution in [0.5, 0.6) is 0 Å². The number of ether oxygens (including phenoxy) is 1. The molecule has 2 aromatic rings. The van der Waals surface area contributed by atoms with Gasteiger partial charge in [-0.15, -0.1) is 11.3 Å². The molecule has 3 heterocycles. The number of hydrogen-bond acceptors (Lipinski definition) is 7. The van der Waals surface area contributed by atoms with E-state index in [4.69, 9.17) is 4.74 Å². The summed E-state index contributed by atoms with van der Waals surface area (Å²) in [5.41, 5.74) is 0.869. The molecule has 1 saturated heterocycles. The van der Waals surface area contributed by atoms with Gasteiger partial charge in [0.05, 0.1) is 0 Å². The summed E-state index contributed by atoms with van der Waals surface area (Å²) in [6.07, 6.45) is 3.40. The SMILES string of the molecule is Cc1ccsc1C(=O)OCC(=O)N1CCN(c2ncccn2)CC1. The molecule has 1 fully saturated rings. The van der Waals surface area contributed by atoms with Gasteiger partial charge in [-0.05, 0) is 30.0 Å². The maximum absolute atomic E-state index is 12.2. The van der Waals surface area contributed by atoms with Crippen molar-refractivity contribution in [1.82, 2.24) is 14.9 Å². The average molecular weight is 346 g/mol. The molecular weight excluding hydrogens is 328 g/mol. The van der Waals surface area contributed by atoms with Gasteiger partial charge in [-0.2, -0.15) is 0 Å². The minimum absolute atomic E-state index is 0.175. The van der Waals surface area contributed by atoms with Crippen LogP contribution in [-0.4, -0.2) is 59.5 Å². The highest BCUT2D eigenvalue weighted by atomic mass is 32.1. The fraction of sp³-hybridized carbons (Fsp3) is 0.375. The first kappa shape index (κ1) is 16.4. The van der Waals surface area contributed by atoms with Crippen LogP contribution < -0.4 is 4.90 Å². The van der Waals surface area contributed by atoms with Crippen LogP contribution in [0.3, 0.4) is 0 Å². The smallest absolute Gasteiger partial charge is 0.349 e. The molecule has 0 aromatic carbocycles. The molecule has 8 heteroatoms. The molecular formula is C16H18N4O3S. The van der Waals surface area contributed by atoms with E-state index in [1.807, 2.05) is 23.3 Å². The lowest BCUT2D eigenvalue weighted by Gasteiger charge is -2.34. The fourth-order valence-electron chi connectivity index (χ4n) is 2.48. The monoisotopic (exact) mass is 346 g/mol. The van der Waals surface area contributed by atoms with Gasteiger partial charge in [-0.1, -0.05) is 0 Å². The third kappa shape index (κ3) is 3.70. The number of aryl methyl sites for hydroxylation is 1. The molecule has 0 radical (unpaired) electrons. The zero-order valence-corrected chi connectivity index (χ0v) is 14.2. The molecule has 7 nitrogen and oxygen atoms in total. The first-order valence-electron chi connectivity index (χ1n) is 7.66. The summed E-state index contributed by atoms with van der Waals surface area (Å²) in [7, 11) is 0. The van der Waals surface area contributed by atoms with Crippen LogP contribution in [0.1, 0.15) is 15.2 Å². The van der Waals surface area contributed by atoms with Crippen molar-refractivity contribution in [3.63, 3.8) is 0 Å². The Morgan fingerprint density at radius 2 is 1.92 bits per heavy atom. The Morgan fingerprint density at radius 3 is 2.54 bits per heavy atom. The van der Waals surface area contributed by atoms with Gasteiger partial charge < -0.3 is 14.5 Å². The average Bonchev–Trinajstić information content (AvgIpc) is 3.06. The first-order chi connectivity index (χ1) is 11.6. The minimum atomic E-state index is -0.438. The lowest BCUT2D eigenvalue weighted by molar-refractivity contribution is -0.134. The van der Waals surface area contributed by atoms with E-state index in [0.717, 1.165) is 5.56 Å². The van der Waals surface area contributed by atoms with Crippen LogP contribution in [0, 0.1) is 6.92 Å². The maximum atomic E-state index is 12.2. The van der Waals surface area contributed by atoms with Crippen molar-refractivity contribution in [2.45, 2.75) is 6.92 Å². The Balaban J connectivity index is 1.47. The van der Waals surface area contributed by atoms with E-state index in [0.29, 0.717) is 37.0 Å². The van der Waals surface area contributed by atoms with Crippen molar-refractivity contribution in [2.24, 2.45) is 0 Å². The summed E-state index contributed by atoms with van der Waals surface area (Å²) in [5.74, 6) is 0.0579. The molecule has 126 valence electrons. The topological polar surface area (TPSA) is 75.6 Å². The van der Waals surface area contributed by atoms with Crippen molar-refractivity contribution in [2.75, 3.05) is 37.7 Å². The Labute approximate surface area is 143 Å². The lowest BCUT2D eigenvalue weighted by atomic mass is 10.3. The molecule has 0 N–H and O–H groups in total. The highest BCUT2D eigenvalue weighted by Gasteiger charge is 2.23. The number of carbonyl (C=O) groups excluding carboxylic acids is 2. The molecule has 1 amide bonds. The third-order valence-electron chi connectivity index (χ3n) is 3.84. The van der Waals surface area contributed by atoms with Crippen LogP contribution in [0.25, 0.3) is 0 Å². The predicted molar refractivity (Wildman–Crippen MR) is 90.2 cm³/mol. The third-order valence-corrected chi connectivity index (χ3v) is 4.84. The number of thiophene rings is 1. The summed E-state index contributed by atoms with van der Waals surface area (Å²) in [6.45, 7) is 4.07. The number of amides is 1. The van der Waals surface area contributed by atoms with Crippen LogP contribution >= 0.6 is 11.3 Å². The van der Waals surface area contributed by atoms with Crippen LogP contribution in [0.4, 0.5) is 5.95 Å². The molecule has 24 heavy (non-hydrogen) atoms. The molecule has 1 aliphatic rings. The number of esters is 1. The van der Waals surface area contributed by atoms with Crippen molar-refractivity contribution in [1.29, 1.82) is 0 Å². The molecule has 0 saturated carbocycles. The van der Waals surface area contributed by atoms with Gasteiger partial charge in [0.15, 0.2) is 6.61 Å². The van der Waals surface area contributed by atoms with E-state index in [1.165, 1.54) is 11.3 Å². The summed E-state index contributed by atoms with van der Waals surface area (Å²) in [4.78, 5) is 36.9. The molecule has 0 spiro atoms. The van der Waals surface area contributed by atoms with E-state index in [-0.39, 0.29) is 12.5 Å². The van der Waals surface area contributed by atoms with Crippen molar-refractivity contribution >= 4 is 29.2 Å². The second-order valence-corrected chi connectivity index (χ2v) is 6.34. The molecule has 1 aliphatic heterocycles. The second kappa shape index (κ2) is 7.39. The van der Waals surface area contributed by atoms with E-state index in [2.05, 4.69) is 9.97 Å². The molecule has 0 atom stereocenters. The zero-order chi connectivity index (χ0) is 16.9.